The highest BCUT2D eigenvalue weighted by molar-refractivity contribution is 5.82. The lowest BCUT2D eigenvalue weighted by Gasteiger charge is -1.95. The second kappa shape index (κ2) is 3.14. The molecule has 0 spiro atoms. The minimum atomic E-state index is 0.531. The van der Waals surface area contributed by atoms with Crippen LogP contribution in [-0.4, -0.2) is 17.7 Å². The standard InChI is InChI=1S/C12H13NO/c1-2-4-12-11(3-1)9(7-13-12)5-6-10-8-14-10/h1-4,7,10,13H,5-6,8H2/t10-/m0/s1. The lowest BCUT2D eigenvalue weighted by atomic mass is 10.1. The summed E-state index contributed by atoms with van der Waals surface area (Å²) in [4.78, 5) is 3.29. The van der Waals surface area contributed by atoms with E-state index in [0.717, 1.165) is 19.4 Å². The van der Waals surface area contributed by atoms with Crippen molar-refractivity contribution >= 4 is 10.9 Å². The number of benzene rings is 1. The van der Waals surface area contributed by atoms with Crippen LogP contribution in [0.1, 0.15) is 12.0 Å². The molecule has 14 heavy (non-hydrogen) atoms. The molecular formula is C12H13NO. The van der Waals surface area contributed by atoms with E-state index in [1.165, 1.54) is 16.5 Å². The summed E-state index contributed by atoms with van der Waals surface area (Å²) >= 11 is 0. The van der Waals surface area contributed by atoms with Crippen LogP contribution in [0.4, 0.5) is 0 Å². The lowest BCUT2D eigenvalue weighted by Crippen LogP contribution is -1.89. The van der Waals surface area contributed by atoms with Crippen molar-refractivity contribution in [2.45, 2.75) is 18.9 Å². The fourth-order valence-corrected chi connectivity index (χ4v) is 1.89. The second-order valence-corrected chi connectivity index (χ2v) is 3.85. The molecule has 1 aliphatic heterocycles. The Bertz CT molecular complexity index is 442. The Kier molecular flexibility index (Phi) is 1.81. The molecule has 0 aliphatic carbocycles. The predicted octanol–water partition coefficient (Wildman–Crippen LogP) is 2.50. The summed E-state index contributed by atoms with van der Waals surface area (Å²) in [5.74, 6) is 0. The molecule has 2 aromatic rings. The van der Waals surface area contributed by atoms with E-state index >= 15 is 0 Å². The fourth-order valence-electron chi connectivity index (χ4n) is 1.89. The van der Waals surface area contributed by atoms with Crippen molar-refractivity contribution in [3.8, 4) is 0 Å². The van der Waals surface area contributed by atoms with Crippen LogP contribution in [0.2, 0.25) is 0 Å². The van der Waals surface area contributed by atoms with Gasteiger partial charge in [-0.15, -0.1) is 0 Å². The maximum Gasteiger partial charge on any atom is 0.0813 e. The number of hydrogen-bond donors (Lipinski definition) is 1. The number of rotatable bonds is 3. The largest absolute Gasteiger partial charge is 0.373 e. The molecule has 2 nitrogen and oxygen atoms in total. The summed E-state index contributed by atoms with van der Waals surface area (Å²) in [6.07, 6.45) is 4.92. The number of aromatic amines is 1. The summed E-state index contributed by atoms with van der Waals surface area (Å²) in [5.41, 5.74) is 2.65. The summed E-state index contributed by atoms with van der Waals surface area (Å²) in [6, 6.07) is 8.45. The topological polar surface area (TPSA) is 28.3 Å². The number of ether oxygens (including phenoxy) is 1. The maximum absolute atomic E-state index is 5.21. The normalized spacial score (nSPS) is 20.1. The van der Waals surface area contributed by atoms with Gasteiger partial charge in [-0.3, -0.25) is 0 Å². The van der Waals surface area contributed by atoms with Crippen molar-refractivity contribution in [1.82, 2.24) is 4.98 Å². The summed E-state index contributed by atoms with van der Waals surface area (Å²) in [7, 11) is 0. The molecule has 0 saturated carbocycles. The maximum atomic E-state index is 5.21. The molecule has 1 aliphatic rings. The third kappa shape index (κ3) is 1.42. The number of epoxide rings is 1. The van der Waals surface area contributed by atoms with E-state index < -0.39 is 0 Å². The molecule has 0 amide bonds. The van der Waals surface area contributed by atoms with Crippen LogP contribution >= 0.6 is 0 Å². The van der Waals surface area contributed by atoms with E-state index in [0.29, 0.717) is 6.10 Å². The van der Waals surface area contributed by atoms with E-state index in [9.17, 15) is 0 Å². The third-order valence-electron chi connectivity index (χ3n) is 2.81. The number of aromatic nitrogens is 1. The molecular weight excluding hydrogens is 174 g/mol. The summed E-state index contributed by atoms with van der Waals surface area (Å²) in [5, 5.41) is 1.35. The van der Waals surface area contributed by atoms with Gasteiger partial charge in [0.15, 0.2) is 0 Å². The van der Waals surface area contributed by atoms with Crippen molar-refractivity contribution in [3.63, 3.8) is 0 Å². The lowest BCUT2D eigenvalue weighted by molar-refractivity contribution is 0.397. The second-order valence-electron chi connectivity index (χ2n) is 3.85. The average Bonchev–Trinajstić information content (AvgIpc) is 2.96. The average molecular weight is 187 g/mol. The van der Waals surface area contributed by atoms with Crippen LogP contribution in [0.5, 0.6) is 0 Å². The first-order valence-electron chi connectivity index (χ1n) is 5.10. The van der Waals surface area contributed by atoms with Gasteiger partial charge in [0.2, 0.25) is 0 Å². The van der Waals surface area contributed by atoms with Gasteiger partial charge >= 0.3 is 0 Å². The van der Waals surface area contributed by atoms with E-state index in [1.807, 2.05) is 0 Å². The van der Waals surface area contributed by atoms with Crippen LogP contribution < -0.4 is 0 Å². The summed E-state index contributed by atoms with van der Waals surface area (Å²) in [6.45, 7) is 0.961. The Labute approximate surface area is 82.9 Å². The molecule has 1 aromatic carbocycles. The van der Waals surface area contributed by atoms with Crippen LogP contribution in [0, 0.1) is 0 Å². The quantitative estimate of drug-likeness (QED) is 0.735. The highest BCUT2D eigenvalue weighted by atomic mass is 16.6. The predicted molar refractivity (Wildman–Crippen MR) is 56.4 cm³/mol. The fraction of sp³-hybridized carbons (Fsp3) is 0.333. The van der Waals surface area contributed by atoms with Crippen molar-refractivity contribution in [3.05, 3.63) is 36.0 Å². The zero-order valence-electron chi connectivity index (χ0n) is 7.99. The first-order valence-corrected chi connectivity index (χ1v) is 5.10. The number of nitrogens with one attached hydrogen (secondary N) is 1. The highest BCUT2D eigenvalue weighted by Crippen LogP contribution is 2.22. The summed E-state index contributed by atoms with van der Waals surface area (Å²) < 4.78 is 5.21. The Morgan fingerprint density at radius 3 is 3.07 bits per heavy atom. The highest BCUT2D eigenvalue weighted by Gasteiger charge is 2.21. The number of aryl methyl sites for hydroxylation is 1. The van der Waals surface area contributed by atoms with E-state index in [1.54, 1.807) is 0 Å². The molecule has 1 N–H and O–H groups in total. The van der Waals surface area contributed by atoms with Gasteiger partial charge in [-0.2, -0.15) is 0 Å². The molecule has 72 valence electrons. The molecule has 1 aromatic heterocycles. The molecule has 3 rings (SSSR count). The number of fused-ring (bicyclic) bond motifs is 1. The van der Waals surface area contributed by atoms with Gasteiger partial charge in [-0.1, -0.05) is 18.2 Å². The third-order valence-corrected chi connectivity index (χ3v) is 2.81. The Hall–Kier alpha value is -1.28. The molecule has 1 fully saturated rings. The Balaban J connectivity index is 1.87. The molecule has 0 unspecified atom stereocenters. The van der Waals surface area contributed by atoms with E-state index in [2.05, 4.69) is 35.4 Å². The van der Waals surface area contributed by atoms with E-state index in [4.69, 9.17) is 4.74 Å². The number of hydrogen-bond acceptors (Lipinski definition) is 1. The van der Waals surface area contributed by atoms with E-state index in [-0.39, 0.29) is 0 Å². The smallest absolute Gasteiger partial charge is 0.0813 e. The first kappa shape index (κ1) is 8.06. The van der Waals surface area contributed by atoms with Crippen molar-refractivity contribution in [2.75, 3.05) is 6.61 Å². The molecule has 2 heterocycles. The molecule has 0 bridgehead atoms. The molecule has 2 heteroatoms. The van der Waals surface area contributed by atoms with Crippen molar-refractivity contribution in [2.24, 2.45) is 0 Å². The molecule has 1 atom stereocenters. The van der Waals surface area contributed by atoms with Gasteiger partial charge in [0.05, 0.1) is 12.7 Å². The van der Waals surface area contributed by atoms with Gasteiger partial charge in [0, 0.05) is 17.1 Å². The zero-order valence-corrected chi connectivity index (χ0v) is 7.99. The Morgan fingerprint density at radius 1 is 1.36 bits per heavy atom. The van der Waals surface area contributed by atoms with Crippen LogP contribution in [0.25, 0.3) is 10.9 Å². The number of H-pyrrole nitrogens is 1. The van der Waals surface area contributed by atoms with Crippen LogP contribution in [-0.2, 0) is 11.2 Å². The van der Waals surface area contributed by atoms with Gasteiger partial charge in [0.1, 0.15) is 0 Å². The minimum Gasteiger partial charge on any atom is -0.373 e. The van der Waals surface area contributed by atoms with Crippen molar-refractivity contribution in [1.29, 1.82) is 0 Å². The zero-order chi connectivity index (χ0) is 9.38. The molecule has 0 radical (unpaired) electrons. The van der Waals surface area contributed by atoms with Gasteiger partial charge < -0.3 is 9.72 Å². The van der Waals surface area contributed by atoms with Crippen molar-refractivity contribution < 1.29 is 4.74 Å². The van der Waals surface area contributed by atoms with Crippen LogP contribution in [0.15, 0.2) is 30.5 Å². The SMILES string of the molecule is c1ccc2c(CC[C@H]3CO3)c[nH]c2c1. The van der Waals surface area contributed by atoms with Gasteiger partial charge in [-0.25, -0.2) is 0 Å². The first-order chi connectivity index (χ1) is 6.93. The van der Waals surface area contributed by atoms with Gasteiger partial charge in [0.25, 0.3) is 0 Å². The Morgan fingerprint density at radius 2 is 2.21 bits per heavy atom. The van der Waals surface area contributed by atoms with Gasteiger partial charge in [-0.05, 0) is 24.5 Å². The molecule has 1 saturated heterocycles. The minimum absolute atomic E-state index is 0.531. The van der Waals surface area contributed by atoms with Crippen LogP contribution in [0.3, 0.4) is 0 Å². The number of para-hydroxylation sites is 1. The monoisotopic (exact) mass is 187 g/mol.